The van der Waals surface area contributed by atoms with Gasteiger partial charge in [-0.15, -0.1) is 11.3 Å². The summed E-state index contributed by atoms with van der Waals surface area (Å²) in [4.78, 5) is 25.7. The number of thiophene rings is 1. The highest BCUT2D eigenvalue weighted by atomic mass is 32.1. The summed E-state index contributed by atoms with van der Waals surface area (Å²) in [7, 11) is 0. The van der Waals surface area contributed by atoms with Gasteiger partial charge in [0.15, 0.2) is 0 Å². The summed E-state index contributed by atoms with van der Waals surface area (Å²) < 4.78 is 5.64. The number of hydrogen-bond acceptors (Lipinski definition) is 4. The van der Waals surface area contributed by atoms with Gasteiger partial charge in [0, 0.05) is 4.88 Å². The molecule has 2 N–H and O–H groups in total. The molecule has 0 aliphatic rings. The fourth-order valence-electron chi connectivity index (χ4n) is 2.37. The standard InChI is InChI=1S/C19H24N2O3S/c1-5-16-13(3)11-17(25-16)19(23)21-20-18(22)9-10-24-15-8-6-7-12(2)14(15)4/h6-8,11H,5,9-10H2,1-4H3,(H,20,22)(H,21,23). The van der Waals surface area contributed by atoms with Crippen LogP contribution in [-0.4, -0.2) is 18.4 Å². The Morgan fingerprint density at radius 1 is 1.12 bits per heavy atom. The van der Waals surface area contributed by atoms with E-state index in [1.54, 1.807) is 0 Å². The van der Waals surface area contributed by atoms with E-state index in [9.17, 15) is 9.59 Å². The fraction of sp³-hybridized carbons (Fsp3) is 0.368. The van der Waals surface area contributed by atoms with Gasteiger partial charge in [0.05, 0.1) is 17.9 Å². The van der Waals surface area contributed by atoms with Crippen LogP contribution in [0.5, 0.6) is 5.75 Å². The molecule has 0 aliphatic carbocycles. The number of aryl methyl sites for hydroxylation is 3. The van der Waals surface area contributed by atoms with E-state index >= 15 is 0 Å². The number of carbonyl (C=O) groups excluding carboxylic acids is 2. The summed E-state index contributed by atoms with van der Waals surface area (Å²) >= 11 is 1.45. The molecule has 25 heavy (non-hydrogen) atoms. The van der Waals surface area contributed by atoms with Crippen molar-refractivity contribution in [1.82, 2.24) is 10.9 Å². The predicted octanol–water partition coefficient (Wildman–Crippen LogP) is 3.47. The zero-order valence-electron chi connectivity index (χ0n) is 15.1. The molecule has 0 fully saturated rings. The highest BCUT2D eigenvalue weighted by molar-refractivity contribution is 7.14. The molecule has 0 radical (unpaired) electrons. The SMILES string of the molecule is CCc1sc(C(=O)NNC(=O)CCOc2cccc(C)c2C)cc1C. The summed E-state index contributed by atoms with van der Waals surface area (Å²) in [5.41, 5.74) is 8.19. The molecule has 0 aliphatic heterocycles. The molecule has 1 aromatic carbocycles. The zero-order chi connectivity index (χ0) is 18.4. The van der Waals surface area contributed by atoms with Crippen LogP contribution in [0.3, 0.4) is 0 Å². The molecule has 2 amide bonds. The summed E-state index contributed by atoms with van der Waals surface area (Å²) in [6.45, 7) is 8.29. The Labute approximate surface area is 152 Å². The first kappa shape index (κ1) is 19.0. The molecule has 134 valence electrons. The number of nitrogens with one attached hydrogen (secondary N) is 2. The minimum Gasteiger partial charge on any atom is -0.493 e. The van der Waals surface area contributed by atoms with Crippen LogP contribution in [-0.2, 0) is 11.2 Å². The van der Waals surface area contributed by atoms with Crippen molar-refractivity contribution in [3.63, 3.8) is 0 Å². The topological polar surface area (TPSA) is 67.4 Å². The monoisotopic (exact) mass is 360 g/mol. The summed E-state index contributed by atoms with van der Waals surface area (Å²) in [5.74, 6) is 0.192. The fourth-order valence-corrected chi connectivity index (χ4v) is 3.38. The second-order valence-electron chi connectivity index (χ2n) is 5.87. The van der Waals surface area contributed by atoms with E-state index in [1.165, 1.54) is 16.2 Å². The lowest BCUT2D eigenvalue weighted by molar-refractivity contribution is -0.122. The first-order valence-electron chi connectivity index (χ1n) is 8.29. The van der Waals surface area contributed by atoms with Crippen molar-refractivity contribution in [1.29, 1.82) is 0 Å². The molecule has 5 nitrogen and oxygen atoms in total. The second kappa shape index (κ2) is 8.67. The Morgan fingerprint density at radius 3 is 2.56 bits per heavy atom. The number of ether oxygens (including phenoxy) is 1. The number of hydrazine groups is 1. The van der Waals surface area contributed by atoms with E-state index in [4.69, 9.17) is 4.74 Å². The normalized spacial score (nSPS) is 10.4. The maximum Gasteiger partial charge on any atom is 0.279 e. The largest absolute Gasteiger partial charge is 0.493 e. The number of carbonyl (C=O) groups is 2. The van der Waals surface area contributed by atoms with Gasteiger partial charge < -0.3 is 4.74 Å². The Hall–Kier alpha value is -2.34. The average molecular weight is 360 g/mol. The number of benzene rings is 1. The van der Waals surface area contributed by atoms with Crippen LogP contribution in [0.25, 0.3) is 0 Å². The van der Waals surface area contributed by atoms with Gasteiger partial charge in [-0.25, -0.2) is 0 Å². The average Bonchev–Trinajstić information content (AvgIpc) is 2.97. The van der Waals surface area contributed by atoms with E-state index in [0.717, 1.165) is 28.9 Å². The van der Waals surface area contributed by atoms with Gasteiger partial charge in [0.1, 0.15) is 5.75 Å². The van der Waals surface area contributed by atoms with Gasteiger partial charge in [-0.2, -0.15) is 0 Å². The van der Waals surface area contributed by atoms with E-state index < -0.39 is 0 Å². The third kappa shape index (κ3) is 5.06. The molecule has 0 atom stereocenters. The van der Waals surface area contributed by atoms with E-state index in [2.05, 4.69) is 17.8 Å². The molecular weight excluding hydrogens is 336 g/mol. The highest BCUT2D eigenvalue weighted by Gasteiger charge is 2.12. The Balaban J connectivity index is 1.76. The van der Waals surface area contributed by atoms with Crippen molar-refractivity contribution >= 4 is 23.2 Å². The molecule has 6 heteroatoms. The molecular formula is C19H24N2O3S. The minimum absolute atomic E-state index is 0.164. The van der Waals surface area contributed by atoms with Gasteiger partial charge in [-0.1, -0.05) is 19.1 Å². The Kier molecular flexibility index (Phi) is 6.58. The van der Waals surface area contributed by atoms with Crippen LogP contribution in [0, 0.1) is 20.8 Å². The quantitative estimate of drug-likeness (QED) is 0.775. The first-order chi connectivity index (χ1) is 11.9. The van der Waals surface area contributed by atoms with Crippen molar-refractivity contribution in [2.45, 2.75) is 40.5 Å². The molecule has 2 rings (SSSR count). The van der Waals surface area contributed by atoms with E-state index in [-0.39, 0.29) is 24.8 Å². The number of amides is 2. The molecule has 0 saturated carbocycles. The van der Waals surface area contributed by atoms with E-state index in [1.807, 2.05) is 45.0 Å². The molecule has 0 unspecified atom stereocenters. The van der Waals surface area contributed by atoms with Gasteiger partial charge in [-0.05, 0) is 56.0 Å². The molecule has 1 aromatic heterocycles. The van der Waals surface area contributed by atoms with Crippen molar-refractivity contribution in [3.05, 3.63) is 50.7 Å². The number of rotatable bonds is 6. The lowest BCUT2D eigenvalue weighted by Crippen LogP contribution is -2.41. The van der Waals surface area contributed by atoms with Gasteiger partial charge >= 0.3 is 0 Å². The minimum atomic E-state index is -0.295. The van der Waals surface area contributed by atoms with Crippen LogP contribution in [0.2, 0.25) is 0 Å². The van der Waals surface area contributed by atoms with Gasteiger partial charge in [0.25, 0.3) is 5.91 Å². The smallest absolute Gasteiger partial charge is 0.279 e. The van der Waals surface area contributed by atoms with Crippen molar-refractivity contribution in [2.24, 2.45) is 0 Å². The van der Waals surface area contributed by atoms with Gasteiger partial charge in [-0.3, -0.25) is 20.4 Å². The third-order valence-electron chi connectivity index (χ3n) is 4.02. The summed E-state index contributed by atoms with van der Waals surface area (Å²) in [6, 6.07) is 7.66. The highest BCUT2D eigenvalue weighted by Crippen LogP contribution is 2.22. The molecule has 0 spiro atoms. The van der Waals surface area contributed by atoms with Crippen LogP contribution in [0.4, 0.5) is 0 Å². The first-order valence-corrected chi connectivity index (χ1v) is 9.11. The van der Waals surface area contributed by atoms with Gasteiger partial charge in [0.2, 0.25) is 5.91 Å². The van der Waals surface area contributed by atoms with Crippen LogP contribution < -0.4 is 15.6 Å². The van der Waals surface area contributed by atoms with Crippen molar-refractivity contribution in [3.8, 4) is 5.75 Å². The van der Waals surface area contributed by atoms with Crippen LogP contribution >= 0.6 is 11.3 Å². The lowest BCUT2D eigenvalue weighted by atomic mass is 10.1. The molecule has 0 bridgehead atoms. The second-order valence-corrected chi connectivity index (χ2v) is 7.01. The summed E-state index contributed by atoms with van der Waals surface area (Å²) in [6.07, 6.45) is 1.06. The Bertz CT molecular complexity index is 768. The molecule has 0 saturated heterocycles. The summed E-state index contributed by atoms with van der Waals surface area (Å²) in [5, 5.41) is 0. The molecule has 1 heterocycles. The lowest BCUT2D eigenvalue weighted by Gasteiger charge is -2.11. The Morgan fingerprint density at radius 2 is 1.88 bits per heavy atom. The third-order valence-corrected chi connectivity index (χ3v) is 5.40. The zero-order valence-corrected chi connectivity index (χ0v) is 15.9. The maximum absolute atomic E-state index is 12.1. The maximum atomic E-state index is 12.1. The molecule has 2 aromatic rings. The predicted molar refractivity (Wildman–Crippen MR) is 100 cm³/mol. The number of hydrogen-bond donors (Lipinski definition) is 2. The van der Waals surface area contributed by atoms with Crippen LogP contribution in [0.1, 0.15) is 44.6 Å². The van der Waals surface area contributed by atoms with Crippen molar-refractivity contribution < 1.29 is 14.3 Å². The van der Waals surface area contributed by atoms with E-state index in [0.29, 0.717) is 4.88 Å². The van der Waals surface area contributed by atoms with Crippen molar-refractivity contribution in [2.75, 3.05) is 6.61 Å². The van der Waals surface area contributed by atoms with Crippen LogP contribution in [0.15, 0.2) is 24.3 Å².